The van der Waals surface area contributed by atoms with Crippen LogP contribution in [0.5, 0.6) is 0 Å². The van der Waals surface area contributed by atoms with Gasteiger partial charge in [-0.2, -0.15) is 0 Å². The molecule has 1 fully saturated rings. The van der Waals surface area contributed by atoms with Crippen molar-refractivity contribution in [2.75, 3.05) is 19.8 Å². The highest BCUT2D eigenvalue weighted by atomic mass is 16.5. The predicted octanol–water partition coefficient (Wildman–Crippen LogP) is 3.85. The van der Waals surface area contributed by atoms with Crippen LogP contribution in [0.15, 0.2) is 0 Å². The minimum atomic E-state index is 0.699. The third-order valence-electron chi connectivity index (χ3n) is 3.89. The van der Waals surface area contributed by atoms with Crippen LogP contribution in [-0.4, -0.2) is 25.8 Å². The van der Waals surface area contributed by atoms with Crippen molar-refractivity contribution in [2.45, 2.75) is 65.8 Å². The van der Waals surface area contributed by atoms with E-state index in [0.29, 0.717) is 6.04 Å². The molecule has 0 radical (unpaired) electrons. The van der Waals surface area contributed by atoms with Crippen LogP contribution in [0.4, 0.5) is 0 Å². The molecule has 0 bridgehead atoms. The maximum Gasteiger partial charge on any atom is 0.0495 e. The Morgan fingerprint density at radius 1 is 1.22 bits per heavy atom. The third-order valence-corrected chi connectivity index (χ3v) is 3.89. The number of hydrogen-bond acceptors (Lipinski definition) is 2. The smallest absolute Gasteiger partial charge is 0.0495 e. The first-order chi connectivity index (χ1) is 8.61. The lowest BCUT2D eigenvalue weighted by atomic mass is 9.88. The lowest BCUT2D eigenvalue weighted by Crippen LogP contribution is -2.33. The first kappa shape index (κ1) is 16.0. The molecule has 3 atom stereocenters. The molecule has 0 aromatic rings. The molecule has 0 aliphatic carbocycles. The van der Waals surface area contributed by atoms with Gasteiger partial charge in [0.25, 0.3) is 0 Å². The van der Waals surface area contributed by atoms with E-state index in [4.69, 9.17) is 4.74 Å². The third kappa shape index (κ3) is 6.75. The van der Waals surface area contributed by atoms with E-state index in [1.165, 1.54) is 32.1 Å². The van der Waals surface area contributed by atoms with E-state index in [1.54, 1.807) is 0 Å². The molecule has 1 aliphatic heterocycles. The van der Waals surface area contributed by atoms with Gasteiger partial charge in [0.05, 0.1) is 0 Å². The van der Waals surface area contributed by atoms with Crippen LogP contribution >= 0.6 is 0 Å². The topological polar surface area (TPSA) is 21.3 Å². The zero-order valence-corrected chi connectivity index (χ0v) is 12.9. The zero-order valence-electron chi connectivity index (χ0n) is 12.9. The maximum absolute atomic E-state index is 5.50. The largest absolute Gasteiger partial charge is 0.381 e. The maximum atomic E-state index is 5.50. The zero-order chi connectivity index (χ0) is 13.4. The monoisotopic (exact) mass is 255 g/mol. The van der Waals surface area contributed by atoms with Gasteiger partial charge < -0.3 is 10.1 Å². The van der Waals surface area contributed by atoms with Gasteiger partial charge in [0, 0.05) is 19.3 Å². The molecule has 1 heterocycles. The second-order valence-electron chi connectivity index (χ2n) is 6.59. The van der Waals surface area contributed by atoms with Crippen molar-refractivity contribution in [2.24, 2.45) is 17.8 Å². The Kier molecular flexibility index (Phi) is 7.92. The summed E-state index contributed by atoms with van der Waals surface area (Å²) in [5, 5.41) is 3.74. The standard InChI is InChI=1S/C16H33NO/c1-5-7-17-16(10-14(4)9-13(2)3)11-15-6-8-18-12-15/h13-17H,5-12H2,1-4H3. The molecular formula is C16H33NO. The van der Waals surface area contributed by atoms with Crippen LogP contribution in [0.25, 0.3) is 0 Å². The summed E-state index contributed by atoms with van der Waals surface area (Å²) in [5.74, 6) is 2.45. The summed E-state index contributed by atoms with van der Waals surface area (Å²) in [6.45, 7) is 12.4. The Bertz CT molecular complexity index is 199. The van der Waals surface area contributed by atoms with Crippen molar-refractivity contribution >= 4 is 0 Å². The molecule has 1 aliphatic rings. The average molecular weight is 255 g/mol. The molecule has 3 unspecified atom stereocenters. The van der Waals surface area contributed by atoms with Gasteiger partial charge in [0.1, 0.15) is 0 Å². The first-order valence-corrected chi connectivity index (χ1v) is 7.92. The summed E-state index contributed by atoms with van der Waals surface area (Å²) < 4.78 is 5.50. The number of nitrogens with one attached hydrogen (secondary N) is 1. The molecule has 0 saturated carbocycles. The Morgan fingerprint density at radius 2 is 2.00 bits per heavy atom. The van der Waals surface area contributed by atoms with E-state index >= 15 is 0 Å². The normalized spacial score (nSPS) is 23.5. The van der Waals surface area contributed by atoms with Crippen LogP contribution in [0.1, 0.15) is 59.8 Å². The highest BCUT2D eigenvalue weighted by molar-refractivity contribution is 4.76. The van der Waals surface area contributed by atoms with Crippen molar-refractivity contribution in [3.05, 3.63) is 0 Å². The molecule has 0 aromatic heterocycles. The van der Waals surface area contributed by atoms with Gasteiger partial charge in [-0.1, -0.05) is 27.7 Å². The Hall–Kier alpha value is -0.0800. The molecule has 1 N–H and O–H groups in total. The summed E-state index contributed by atoms with van der Waals surface area (Å²) in [6.07, 6.45) is 6.49. The van der Waals surface area contributed by atoms with E-state index in [9.17, 15) is 0 Å². The van der Waals surface area contributed by atoms with Gasteiger partial charge in [-0.25, -0.2) is 0 Å². The Balaban J connectivity index is 2.33. The van der Waals surface area contributed by atoms with E-state index in [0.717, 1.165) is 37.5 Å². The lowest BCUT2D eigenvalue weighted by Gasteiger charge is -2.25. The Labute approximate surface area is 114 Å². The summed E-state index contributed by atoms with van der Waals surface area (Å²) in [4.78, 5) is 0. The van der Waals surface area contributed by atoms with Gasteiger partial charge in [-0.15, -0.1) is 0 Å². The fraction of sp³-hybridized carbons (Fsp3) is 1.00. The van der Waals surface area contributed by atoms with E-state index < -0.39 is 0 Å². The molecule has 0 aromatic carbocycles. The van der Waals surface area contributed by atoms with Crippen molar-refractivity contribution in [3.63, 3.8) is 0 Å². The van der Waals surface area contributed by atoms with Gasteiger partial charge in [0.15, 0.2) is 0 Å². The minimum absolute atomic E-state index is 0.699. The lowest BCUT2D eigenvalue weighted by molar-refractivity contribution is 0.179. The molecule has 2 heteroatoms. The number of rotatable bonds is 9. The summed E-state index contributed by atoms with van der Waals surface area (Å²) in [6, 6.07) is 0.699. The van der Waals surface area contributed by atoms with Crippen LogP contribution < -0.4 is 5.32 Å². The highest BCUT2D eigenvalue weighted by Gasteiger charge is 2.22. The number of ether oxygens (including phenoxy) is 1. The van der Waals surface area contributed by atoms with Gasteiger partial charge in [-0.3, -0.25) is 0 Å². The van der Waals surface area contributed by atoms with Crippen LogP contribution in [0.2, 0.25) is 0 Å². The first-order valence-electron chi connectivity index (χ1n) is 7.92. The van der Waals surface area contributed by atoms with Gasteiger partial charge in [-0.05, 0) is 56.4 Å². The fourth-order valence-corrected chi connectivity index (χ4v) is 3.17. The van der Waals surface area contributed by atoms with Crippen LogP contribution in [0, 0.1) is 17.8 Å². The van der Waals surface area contributed by atoms with Crippen molar-refractivity contribution in [3.8, 4) is 0 Å². The van der Waals surface area contributed by atoms with Crippen LogP contribution in [-0.2, 0) is 4.74 Å². The van der Waals surface area contributed by atoms with Gasteiger partial charge >= 0.3 is 0 Å². The second kappa shape index (κ2) is 8.92. The van der Waals surface area contributed by atoms with Crippen molar-refractivity contribution in [1.29, 1.82) is 0 Å². The number of hydrogen-bond donors (Lipinski definition) is 1. The molecule has 0 spiro atoms. The molecule has 2 nitrogen and oxygen atoms in total. The SMILES string of the molecule is CCCNC(CC(C)CC(C)C)CC1CCOC1. The molecular weight excluding hydrogens is 222 g/mol. The highest BCUT2D eigenvalue weighted by Crippen LogP contribution is 2.23. The van der Waals surface area contributed by atoms with E-state index in [-0.39, 0.29) is 0 Å². The van der Waals surface area contributed by atoms with Crippen molar-refractivity contribution < 1.29 is 4.74 Å². The minimum Gasteiger partial charge on any atom is -0.381 e. The van der Waals surface area contributed by atoms with Crippen molar-refractivity contribution in [1.82, 2.24) is 5.32 Å². The molecule has 108 valence electrons. The molecule has 1 saturated heterocycles. The van der Waals surface area contributed by atoms with E-state index in [2.05, 4.69) is 33.0 Å². The van der Waals surface area contributed by atoms with Gasteiger partial charge in [0.2, 0.25) is 0 Å². The Morgan fingerprint density at radius 3 is 2.56 bits per heavy atom. The van der Waals surface area contributed by atoms with Crippen LogP contribution in [0.3, 0.4) is 0 Å². The summed E-state index contributed by atoms with van der Waals surface area (Å²) in [7, 11) is 0. The second-order valence-corrected chi connectivity index (χ2v) is 6.59. The molecule has 18 heavy (non-hydrogen) atoms. The molecule has 0 amide bonds. The van der Waals surface area contributed by atoms with E-state index in [1.807, 2.05) is 0 Å². The fourth-order valence-electron chi connectivity index (χ4n) is 3.17. The summed E-state index contributed by atoms with van der Waals surface area (Å²) in [5.41, 5.74) is 0. The quantitative estimate of drug-likeness (QED) is 0.675. The average Bonchev–Trinajstić information content (AvgIpc) is 2.77. The predicted molar refractivity (Wildman–Crippen MR) is 78.9 cm³/mol. The summed E-state index contributed by atoms with van der Waals surface area (Å²) >= 11 is 0. The molecule has 1 rings (SSSR count).